The van der Waals surface area contributed by atoms with Crippen molar-refractivity contribution in [2.75, 3.05) is 25.4 Å². The van der Waals surface area contributed by atoms with Crippen molar-refractivity contribution >= 4 is 23.4 Å². The molecule has 162 valence electrons. The molecule has 0 atom stereocenters. The van der Waals surface area contributed by atoms with Gasteiger partial charge in [0, 0.05) is 36.0 Å². The first-order valence-corrected chi connectivity index (χ1v) is 11.7. The summed E-state index contributed by atoms with van der Waals surface area (Å²) in [6.45, 7) is 9.18. The number of aliphatic imine (C=N–C) groups is 1. The van der Waals surface area contributed by atoms with E-state index in [2.05, 4.69) is 15.2 Å². The summed E-state index contributed by atoms with van der Waals surface area (Å²) in [6.07, 6.45) is 16.5. The fourth-order valence-electron chi connectivity index (χ4n) is 3.07. The van der Waals surface area contributed by atoms with Crippen molar-refractivity contribution in [2.45, 2.75) is 59.3 Å². The molecule has 0 aromatic carbocycles. The molecule has 29 heavy (non-hydrogen) atoms. The summed E-state index contributed by atoms with van der Waals surface area (Å²) in [5, 5.41) is 2.66. The number of halogens is 1. The molecule has 0 aromatic heterocycles. The van der Waals surface area contributed by atoms with Crippen LogP contribution < -0.4 is 5.32 Å². The summed E-state index contributed by atoms with van der Waals surface area (Å²) < 4.78 is 13.2. The first-order chi connectivity index (χ1) is 14.2. The normalized spacial score (nSPS) is 23.2. The second-order valence-corrected chi connectivity index (χ2v) is 7.98. The highest BCUT2D eigenvalue weighted by Crippen LogP contribution is 2.27. The van der Waals surface area contributed by atoms with Gasteiger partial charge in [-0.05, 0) is 38.1 Å². The number of hydrogen-bond donors (Lipinski definition) is 1. The fourth-order valence-corrected chi connectivity index (χ4v) is 3.87. The average Bonchev–Trinajstić information content (AvgIpc) is 2.94. The van der Waals surface area contributed by atoms with Crippen LogP contribution in [0.4, 0.5) is 4.39 Å². The molecule has 1 amide bonds. The maximum atomic E-state index is 13.2. The lowest BCUT2D eigenvalue weighted by molar-refractivity contribution is -0.118. The molecule has 0 radical (unpaired) electrons. The number of rotatable bonds is 4. The van der Waals surface area contributed by atoms with Crippen molar-refractivity contribution in [3.63, 3.8) is 0 Å². The van der Waals surface area contributed by atoms with Gasteiger partial charge < -0.3 is 5.32 Å². The largest absolute Gasteiger partial charge is 0.331 e. The zero-order valence-corrected chi connectivity index (χ0v) is 18.9. The number of hydrogen-bond acceptors (Lipinski definition) is 4. The molecule has 1 N–H and O–H groups in total. The van der Waals surface area contributed by atoms with Crippen molar-refractivity contribution in [2.24, 2.45) is 4.99 Å². The second-order valence-electron chi connectivity index (χ2n) is 6.62. The summed E-state index contributed by atoms with van der Waals surface area (Å²) in [6, 6.07) is 0. The Morgan fingerprint density at radius 3 is 2.52 bits per heavy atom. The minimum absolute atomic E-state index is 0.0300. The second kappa shape index (κ2) is 16.2. The summed E-state index contributed by atoms with van der Waals surface area (Å²) in [5.74, 6) is 1.02. The molecule has 0 unspecified atom stereocenters. The highest BCUT2D eigenvalue weighted by molar-refractivity contribution is 8.03. The van der Waals surface area contributed by atoms with Gasteiger partial charge in [-0.3, -0.25) is 14.7 Å². The van der Waals surface area contributed by atoms with Crippen molar-refractivity contribution in [3.05, 3.63) is 47.4 Å². The van der Waals surface area contributed by atoms with E-state index in [1.54, 1.807) is 24.2 Å². The number of carbonyl (C=O) groups is 1. The van der Waals surface area contributed by atoms with Crippen LogP contribution in [0.2, 0.25) is 0 Å². The number of carbonyl (C=O) groups excluding carboxylic acids is 1. The third kappa shape index (κ3) is 11.2. The molecule has 1 fully saturated rings. The lowest BCUT2D eigenvalue weighted by atomic mass is 10.1. The quantitative estimate of drug-likeness (QED) is 0.628. The van der Waals surface area contributed by atoms with E-state index in [0.717, 1.165) is 42.4 Å². The third-order valence-corrected chi connectivity index (χ3v) is 5.43. The van der Waals surface area contributed by atoms with Gasteiger partial charge in [-0.15, -0.1) is 11.8 Å². The SMILES string of the molecule is CC.CCS/C1=C(\F)C/C=C\C=CC1.O=C1CC(CN2CCCCC2)=NC=CN1. The predicted molar refractivity (Wildman–Crippen MR) is 125 cm³/mol. The van der Waals surface area contributed by atoms with Gasteiger partial charge >= 0.3 is 0 Å². The predicted octanol–water partition coefficient (Wildman–Crippen LogP) is 5.76. The average molecular weight is 422 g/mol. The summed E-state index contributed by atoms with van der Waals surface area (Å²) >= 11 is 1.60. The van der Waals surface area contributed by atoms with E-state index in [1.165, 1.54) is 19.3 Å². The Bertz CT molecular complexity index is 632. The first kappa shape index (κ1) is 25.4. The Morgan fingerprint density at radius 1 is 1.14 bits per heavy atom. The van der Waals surface area contributed by atoms with Gasteiger partial charge in [-0.25, -0.2) is 4.39 Å². The van der Waals surface area contributed by atoms with Crippen LogP contribution in [0.1, 0.15) is 59.3 Å². The van der Waals surface area contributed by atoms with Crippen LogP contribution in [0.3, 0.4) is 0 Å². The van der Waals surface area contributed by atoms with Crippen LogP contribution in [0.15, 0.2) is 52.4 Å². The Labute approximate surface area is 180 Å². The molecular weight excluding hydrogens is 385 g/mol. The minimum atomic E-state index is 0.0300. The van der Waals surface area contributed by atoms with Crippen molar-refractivity contribution < 1.29 is 9.18 Å². The number of thioether (sulfide) groups is 1. The number of allylic oxidation sites excluding steroid dienone is 6. The number of piperidine rings is 1. The van der Waals surface area contributed by atoms with Crippen molar-refractivity contribution in [1.82, 2.24) is 10.2 Å². The first-order valence-electron chi connectivity index (χ1n) is 10.7. The summed E-state index contributed by atoms with van der Waals surface area (Å²) in [5.41, 5.74) is 0.975. The fraction of sp³-hybridized carbons (Fsp3) is 0.565. The summed E-state index contributed by atoms with van der Waals surface area (Å²) in [7, 11) is 0. The van der Waals surface area contributed by atoms with Crippen LogP contribution in [-0.2, 0) is 4.79 Å². The van der Waals surface area contributed by atoms with Gasteiger partial charge in [0.1, 0.15) is 5.83 Å². The topological polar surface area (TPSA) is 44.7 Å². The molecule has 1 aliphatic carbocycles. The van der Waals surface area contributed by atoms with Crippen LogP contribution in [0, 0.1) is 0 Å². The monoisotopic (exact) mass is 421 g/mol. The van der Waals surface area contributed by atoms with E-state index in [0.29, 0.717) is 12.8 Å². The molecule has 0 aromatic rings. The Hall–Kier alpha value is -1.66. The van der Waals surface area contributed by atoms with Crippen LogP contribution >= 0.6 is 11.8 Å². The molecule has 2 heterocycles. The number of nitrogens with one attached hydrogen (secondary N) is 1. The van der Waals surface area contributed by atoms with E-state index < -0.39 is 0 Å². The molecule has 6 heteroatoms. The molecule has 0 saturated carbocycles. The standard InChI is InChI=1S/C11H17N3O.C10H13FS.C2H6/c15-11-8-10(12-4-5-13-11)9-14-6-2-1-3-7-14;1-2-12-10-8-6-4-3-5-7-9(10)11;1-2/h4-5H,1-3,6-9H2,(H,13,15);3-6H,2,7-8H2,1H3;1-2H3/b;5-3-,6-4?,10-9-;. The number of amides is 1. The molecule has 3 aliphatic rings. The van der Waals surface area contributed by atoms with Gasteiger partial charge in [-0.2, -0.15) is 0 Å². The van der Waals surface area contributed by atoms with E-state index >= 15 is 0 Å². The lowest BCUT2D eigenvalue weighted by Crippen LogP contribution is -2.35. The molecule has 3 rings (SSSR count). The third-order valence-electron chi connectivity index (χ3n) is 4.40. The Morgan fingerprint density at radius 2 is 1.83 bits per heavy atom. The maximum absolute atomic E-state index is 13.2. The maximum Gasteiger partial charge on any atom is 0.229 e. The van der Waals surface area contributed by atoms with Gasteiger partial charge in [0.25, 0.3) is 0 Å². The van der Waals surface area contributed by atoms with Crippen LogP contribution in [0.5, 0.6) is 0 Å². The number of nitrogens with zero attached hydrogens (tertiary/aromatic N) is 2. The van der Waals surface area contributed by atoms with Crippen molar-refractivity contribution in [1.29, 1.82) is 0 Å². The van der Waals surface area contributed by atoms with Gasteiger partial charge in [0.15, 0.2) is 0 Å². The molecular formula is C23H36FN3OS. The highest BCUT2D eigenvalue weighted by atomic mass is 32.2. The van der Waals surface area contributed by atoms with E-state index in [4.69, 9.17) is 0 Å². The van der Waals surface area contributed by atoms with E-state index in [9.17, 15) is 9.18 Å². The highest BCUT2D eigenvalue weighted by Gasteiger charge is 2.15. The Kier molecular flexibility index (Phi) is 14.2. The van der Waals surface area contributed by atoms with Gasteiger partial charge in [-0.1, -0.05) is 51.5 Å². The smallest absolute Gasteiger partial charge is 0.229 e. The van der Waals surface area contributed by atoms with E-state index in [-0.39, 0.29) is 11.7 Å². The lowest BCUT2D eigenvalue weighted by Gasteiger charge is -2.26. The van der Waals surface area contributed by atoms with Crippen molar-refractivity contribution in [3.8, 4) is 0 Å². The molecule has 0 bridgehead atoms. The zero-order chi connectivity index (χ0) is 21.3. The number of likely N-dealkylation sites (tertiary alicyclic amines) is 1. The molecule has 2 aliphatic heterocycles. The van der Waals surface area contributed by atoms with Crippen LogP contribution in [0.25, 0.3) is 0 Å². The molecule has 4 nitrogen and oxygen atoms in total. The van der Waals surface area contributed by atoms with Crippen LogP contribution in [-0.4, -0.2) is 41.9 Å². The van der Waals surface area contributed by atoms with Gasteiger partial charge in [0.05, 0.1) is 6.42 Å². The molecule has 1 saturated heterocycles. The van der Waals surface area contributed by atoms with E-state index in [1.807, 2.05) is 45.1 Å². The molecule has 0 spiro atoms. The van der Waals surface area contributed by atoms with Gasteiger partial charge in [0.2, 0.25) is 5.91 Å². The Balaban J connectivity index is 0.000000273. The minimum Gasteiger partial charge on any atom is -0.331 e. The summed E-state index contributed by atoms with van der Waals surface area (Å²) in [4.78, 5) is 18.8. The zero-order valence-electron chi connectivity index (χ0n) is 18.1.